The van der Waals surface area contributed by atoms with Crippen molar-refractivity contribution in [3.8, 4) is 0 Å². The summed E-state index contributed by atoms with van der Waals surface area (Å²) < 4.78 is 0.493. The number of anilines is 2. The third kappa shape index (κ3) is 8.09. The number of para-hydroxylation sites is 2. The summed E-state index contributed by atoms with van der Waals surface area (Å²) in [6.07, 6.45) is 0. The van der Waals surface area contributed by atoms with E-state index < -0.39 is 0 Å². The molecule has 0 saturated carbocycles. The topological polar surface area (TPSA) is 58.2 Å². The molecule has 5 heteroatoms. The number of hydrogen-bond donors (Lipinski definition) is 2. The van der Waals surface area contributed by atoms with Gasteiger partial charge in [-0.25, -0.2) is 0 Å². The molecule has 2 aromatic rings. The van der Waals surface area contributed by atoms with Gasteiger partial charge in [-0.05, 0) is 24.3 Å². The van der Waals surface area contributed by atoms with Crippen LogP contribution in [0.15, 0.2) is 60.7 Å². The van der Waals surface area contributed by atoms with Crippen LogP contribution in [0, 0.1) is 0 Å². The molecule has 0 aliphatic heterocycles. The molecule has 2 amide bonds. The van der Waals surface area contributed by atoms with Crippen LogP contribution >= 0.6 is 22.6 Å². The van der Waals surface area contributed by atoms with Crippen molar-refractivity contribution < 1.29 is 9.59 Å². The maximum atomic E-state index is 10.9. The largest absolute Gasteiger partial charge is 0.326 e. The van der Waals surface area contributed by atoms with Gasteiger partial charge in [0.05, 0.1) is 4.43 Å². The quantitative estimate of drug-likeness (QED) is 0.614. The molecule has 0 aliphatic rings. The Kier molecular flexibility index (Phi) is 8.11. The van der Waals surface area contributed by atoms with Crippen LogP contribution in [0.3, 0.4) is 0 Å². The van der Waals surface area contributed by atoms with Crippen LogP contribution in [0.5, 0.6) is 0 Å². The summed E-state index contributed by atoms with van der Waals surface area (Å²) in [6, 6.07) is 18.8. The normalized spacial score (nSPS) is 9.05. The molecule has 0 bridgehead atoms. The molecule has 0 aliphatic carbocycles. The van der Waals surface area contributed by atoms with Crippen molar-refractivity contribution >= 4 is 45.8 Å². The van der Waals surface area contributed by atoms with Crippen LogP contribution in [-0.4, -0.2) is 16.2 Å². The van der Waals surface area contributed by atoms with Crippen LogP contribution in [0.4, 0.5) is 11.4 Å². The van der Waals surface area contributed by atoms with E-state index >= 15 is 0 Å². The summed E-state index contributed by atoms with van der Waals surface area (Å²) in [6.45, 7) is 1.49. The van der Waals surface area contributed by atoms with E-state index in [9.17, 15) is 9.59 Å². The highest BCUT2D eigenvalue weighted by Crippen LogP contribution is 2.05. The zero-order valence-corrected chi connectivity index (χ0v) is 13.8. The minimum Gasteiger partial charge on any atom is -0.326 e. The molecule has 0 radical (unpaired) electrons. The molecule has 0 aromatic heterocycles. The van der Waals surface area contributed by atoms with Gasteiger partial charge >= 0.3 is 0 Å². The number of halogens is 1. The van der Waals surface area contributed by atoms with E-state index in [4.69, 9.17) is 0 Å². The van der Waals surface area contributed by atoms with Crippen molar-refractivity contribution in [1.29, 1.82) is 0 Å². The van der Waals surface area contributed by atoms with Crippen LogP contribution in [-0.2, 0) is 9.59 Å². The summed E-state index contributed by atoms with van der Waals surface area (Å²) in [5, 5.41) is 5.41. The van der Waals surface area contributed by atoms with Gasteiger partial charge in [-0.1, -0.05) is 59.0 Å². The van der Waals surface area contributed by atoms with Gasteiger partial charge in [-0.3, -0.25) is 9.59 Å². The summed E-state index contributed by atoms with van der Waals surface area (Å²) in [5.41, 5.74) is 1.70. The van der Waals surface area contributed by atoms with Crippen molar-refractivity contribution in [3.05, 3.63) is 60.7 Å². The lowest BCUT2D eigenvalue weighted by Gasteiger charge is -2.00. The lowest BCUT2D eigenvalue weighted by Crippen LogP contribution is -2.11. The molecule has 0 fully saturated rings. The Hall–Kier alpha value is -1.89. The van der Waals surface area contributed by atoms with Crippen LogP contribution in [0.2, 0.25) is 0 Å². The van der Waals surface area contributed by atoms with Crippen molar-refractivity contribution in [2.75, 3.05) is 15.1 Å². The van der Waals surface area contributed by atoms with E-state index in [-0.39, 0.29) is 11.8 Å². The fourth-order valence-electron chi connectivity index (χ4n) is 1.44. The minimum absolute atomic E-state index is 0.0359. The fraction of sp³-hybridized carbons (Fsp3) is 0.125. The second-order valence-electron chi connectivity index (χ2n) is 4.10. The third-order valence-electron chi connectivity index (χ3n) is 2.27. The Morgan fingerprint density at radius 2 is 1.29 bits per heavy atom. The van der Waals surface area contributed by atoms with Crippen molar-refractivity contribution in [2.45, 2.75) is 6.92 Å². The smallest absolute Gasteiger partial charge is 0.234 e. The highest BCUT2D eigenvalue weighted by atomic mass is 127. The first-order valence-electron chi connectivity index (χ1n) is 6.35. The number of benzene rings is 2. The molecule has 0 heterocycles. The second kappa shape index (κ2) is 9.93. The lowest BCUT2D eigenvalue weighted by atomic mass is 10.3. The number of amides is 2. The van der Waals surface area contributed by atoms with Gasteiger partial charge in [0.25, 0.3) is 0 Å². The first-order valence-corrected chi connectivity index (χ1v) is 7.88. The van der Waals surface area contributed by atoms with Gasteiger partial charge in [-0.2, -0.15) is 0 Å². The molecule has 2 N–H and O–H groups in total. The van der Waals surface area contributed by atoms with Gasteiger partial charge in [-0.15, -0.1) is 0 Å². The first-order chi connectivity index (χ1) is 10.1. The minimum atomic E-state index is -0.0359. The summed E-state index contributed by atoms with van der Waals surface area (Å²) in [5.74, 6) is 0.00278. The van der Waals surface area contributed by atoms with E-state index in [1.807, 2.05) is 83.3 Å². The third-order valence-corrected chi connectivity index (χ3v) is 2.97. The number of alkyl halides is 1. The van der Waals surface area contributed by atoms with E-state index in [0.29, 0.717) is 4.43 Å². The number of carbonyl (C=O) groups excluding carboxylic acids is 2. The maximum absolute atomic E-state index is 10.9. The molecule has 21 heavy (non-hydrogen) atoms. The lowest BCUT2D eigenvalue weighted by molar-refractivity contribution is -0.114. The monoisotopic (exact) mass is 396 g/mol. The average molecular weight is 396 g/mol. The van der Waals surface area contributed by atoms with E-state index in [1.165, 1.54) is 6.92 Å². The van der Waals surface area contributed by atoms with Crippen molar-refractivity contribution in [1.82, 2.24) is 0 Å². The van der Waals surface area contributed by atoms with Gasteiger partial charge in [0, 0.05) is 18.3 Å². The molecule has 2 aromatic carbocycles. The maximum Gasteiger partial charge on any atom is 0.234 e. The highest BCUT2D eigenvalue weighted by molar-refractivity contribution is 14.1. The SMILES string of the molecule is CC(=O)Nc1ccccc1.O=C(CI)Nc1ccccc1. The molecule has 0 unspecified atom stereocenters. The highest BCUT2D eigenvalue weighted by Gasteiger charge is 1.96. The van der Waals surface area contributed by atoms with Gasteiger partial charge in [0.1, 0.15) is 0 Å². The summed E-state index contributed by atoms with van der Waals surface area (Å²) in [7, 11) is 0. The molecule has 4 nitrogen and oxygen atoms in total. The Morgan fingerprint density at radius 3 is 1.67 bits per heavy atom. The van der Waals surface area contributed by atoms with E-state index in [0.717, 1.165) is 11.4 Å². The Bertz CT molecular complexity index is 559. The zero-order chi connectivity index (χ0) is 15.5. The average Bonchev–Trinajstić information content (AvgIpc) is 2.49. The summed E-state index contributed by atoms with van der Waals surface area (Å²) >= 11 is 2.03. The van der Waals surface area contributed by atoms with Crippen LogP contribution < -0.4 is 10.6 Å². The predicted molar refractivity (Wildman–Crippen MR) is 94.7 cm³/mol. The molecule has 110 valence electrons. The molecule has 0 atom stereocenters. The number of carbonyl (C=O) groups is 2. The Balaban J connectivity index is 0.000000211. The molecular weight excluding hydrogens is 379 g/mol. The number of hydrogen-bond acceptors (Lipinski definition) is 2. The Labute approximate surface area is 138 Å². The Morgan fingerprint density at radius 1 is 0.857 bits per heavy atom. The number of rotatable bonds is 3. The van der Waals surface area contributed by atoms with Gasteiger partial charge in [0.2, 0.25) is 11.8 Å². The van der Waals surface area contributed by atoms with Crippen molar-refractivity contribution in [3.63, 3.8) is 0 Å². The van der Waals surface area contributed by atoms with Crippen molar-refractivity contribution in [2.24, 2.45) is 0 Å². The standard InChI is InChI=1S/C8H8INO.C8H9NO/c9-6-8(11)10-7-4-2-1-3-5-7;1-7(10)9-8-5-3-2-4-6-8/h1-5H,6H2,(H,10,11);2-6H,1H3,(H,9,10). The molecule has 2 rings (SSSR count). The van der Waals surface area contributed by atoms with Crippen LogP contribution in [0.25, 0.3) is 0 Å². The summed E-state index contributed by atoms with van der Waals surface area (Å²) in [4.78, 5) is 21.4. The molecule has 0 saturated heterocycles. The molecular formula is C16H17IN2O2. The predicted octanol–water partition coefficient (Wildman–Crippen LogP) is 3.71. The van der Waals surface area contributed by atoms with Gasteiger partial charge < -0.3 is 10.6 Å². The van der Waals surface area contributed by atoms with E-state index in [1.54, 1.807) is 0 Å². The fourth-order valence-corrected chi connectivity index (χ4v) is 1.63. The number of nitrogens with one attached hydrogen (secondary N) is 2. The first kappa shape index (κ1) is 17.2. The second-order valence-corrected chi connectivity index (χ2v) is 4.86. The van der Waals surface area contributed by atoms with Crippen LogP contribution in [0.1, 0.15) is 6.92 Å². The zero-order valence-electron chi connectivity index (χ0n) is 11.7. The van der Waals surface area contributed by atoms with Gasteiger partial charge in [0.15, 0.2) is 0 Å². The molecule has 0 spiro atoms. The van der Waals surface area contributed by atoms with E-state index in [2.05, 4.69) is 10.6 Å².